The van der Waals surface area contributed by atoms with Crippen LogP contribution in [-0.2, 0) is 4.74 Å². The van der Waals surface area contributed by atoms with E-state index in [9.17, 15) is 4.79 Å². The van der Waals surface area contributed by atoms with Crippen LogP contribution in [0.3, 0.4) is 0 Å². The number of unbranched alkanes of at least 4 members (excludes halogenated alkanes) is 1. The van der Waals surface area contributed by atoms with Gasteiger partial charge in [0.1, 0.15) is 6.61 Å². The second-order valence-corrected chi connectivity index (χ2v) is 3.60. The maximum atomic E-state index is 11.6. The number of hydrogen-bond acceptors (Lipinski definition) is 3. The van der Waals surface area contributed by atoms with Crippen molar-refractivity contribution in [3.63, 3.8) is 0 Å². The zero-order chi connectivity index (χ0) is 12.5. The number of allylic oxidation sites excluding steroid dienone is 1. The minimum absolute atomic E-state index is 0.0620. The normalized spacial score (nSPS) is 9.59. The van der Waals surface area contributed by atoms with Crippen LogP contribution < -0.4 is 0 Å². The van der Waals surface area contributed by atoms with E-state index in [4.69, 9.17) is 10.00 Å². The summed E-state index contributed by atoms with van der Waals surface area (Å²) in [5, 5.41) is 8.62. The third-order valence-electron chi connectivity index (χ3n) is 2.27. The fraction of sp³-hybridized carbons (Fsp3) is 0.286. The lowest BCUT2D eigenvalue weighted by atomic mass is 10.1. The van der Waals surface area contributed by atoms with Crippen molar-refractivity contribution in [3.05, 3.63) is 48.0 Å². The van der Waals surface area contributed by atoms with Crippen molar-refractivity contribution in [1.82, 2.24) is 0 Å². The minimum atomic E-state index is -0.0620. The fourth-order valence-corrected chi connectivity index (χ4v) is 1.31. The molecule has 0 atom stereocenters. The van der Waals surface area contributed by atoms with Crippen molar-refractivity contribution >= 4 is 5.78 Å². The summed E-state index contributed by atoms with van der Waals surface area (Å²) >= 11 is 0. The zero-order valence-electron chi connectivity index (χ0n) is 9.69. The second-order valence-electron chi connectivity index (χ2n) is 3.60. The predicted octanol–water partition coefficient (Wildman–Crippen LogP) is 2.72. The molecule has 0 saturated carbocycles. The second kappa shape index (κ2) is 7.37. The average molecular weight is 229 g/mol. The van der Waals surface area contributed by atoms with Crippen LogP contribution in [0.4, 0.5) is 0 Å². The molecule has 0 bridgehead atoms. The quantitative estimate of drug-likeness (QED) is 0.410. The third-order valence-corrected chi connectivity index (χ3v) is 2.27. The lowest BCUT2D eigenvalue weighted by molar-refractivity contribution is 0.0757. The molecule has 0 heterocycles. The van der Waals surface area contributed by atoms with Gasteiger partial charge in [-0.05, 0) is 25.0 Å². The Hall–Kier alpha value is -1.92. The zero-order valence-corrected chi connectivity index (χ0v) is 9.69. The first kappa shape index (κ1) is 13.1. The fourth-order valence-electron chi connectivity index (χ4n) is 1.31. The van der Waals surface area contributed by atoms with Gasteiger partial charge in [-0.25, -0.2) is 0 Å². The van der Waals surface area contributed by atoms with Gasteiger partial charge in [0.05, 0.1) is 11.6 Å². The van der Waals surface area contributed by atoms with Gasteiger partial charge in [0, 0.05) is 12.2 Å². The first-order valence-corrected chi connectivity index (χ1v) is 5.50. The van der Waals surface area contributed by atoms with E-state index in [1.807, 2.05) is 12.1 Å². The maximum Gasteiger partial charge on any atom is 0.188 e. The number of carbonyl (C=O) groups is 1. The summed E-state index contributed by atoms with van der Waals surface area (Å²) < 4.78 is 5.25. The van der Waals surface area contributed by atoms with Gasteiger partial charge in [-0.1, -0.05) is 18.2 Å². The molecule has 0 unspecified atom stereocenters. The van der Waals surface area contributed by atoms with E-state index >= 15 is 0 Å². The molecular formula is C14H15NO2. The monoisotopic (exact) mass is 229 g/mol. The summed E-state index contributed by atoms with van der Waals surface area (Å²) in [4.78, 5) is 11.6. The third kappa shape index (κ3) is 4.62. The van der Waals surface area contributed by atoms with Crippen molar-refractivity contribution < 1.29 is 9.53 Å². The Morgan fingerprint density at radius 3 is 2.71 bits per heavy atom. The molecule has 0 amide bonds. The van der Waals surface area contributed by atoms with E-state index in [-0.39, 0.29) is 12.4 Å². The SMILES string of the molecule is C=CCCCOCC(=O)c1ccc(C#N)cc1. The smallest absolute Gasteiger partial charge is 0.188 e. The Kier molecular flexibility index (Phi) is 5.70. The van der Waals surface area contributed by atoms with Gasteiger partial charge in [-0.3, -0.25) is 4.79 Å². The highest BCUT2D eigenvalue weighted by Gasteiger charge is 2.05. The van der Waals surface area contributed by atoms with Gasteiger partial charge >= 0.3 is 0 Å². The van der Waals surface area contributed by atoms with Crippen molar-refractivity contribution in [1.29, 1.82) is 5.26 Å². The number of Topliss-reactive ketones (excluding diaryl/α,β-unsaturated/α-hetero) is 1. The van der Waals surface area contributed by atoms with Gasteiger partial charge in [-0.15, -0.1) is 6.58 Å². The standard InChI is InChI=1S/C14H15NO2/c1-2-3-4-9-17-11-14(16)13-7-5-12(10-15)6-8-13/h2,5-8H,1,3-4,9,11H2. The molecule has 88 valence electrons. The topological polar surface area (TPSA) is 50.1 Å². The predicted molar refractivity (Wildman–Crippen MR) is 65.7 cm³/mol. The van der Waals surface area contributed by atoms with Gasteiger partial charge in [0.15, 0.2) is 5.78 Å². The molecule has 0 aromatic heterocycles. The van der Waals surface area contributed by atoms with Crippen LogP contribution in [0.2, 0.25) is 0 Å². The Morgan fingerprint density at radius 1 is 1.41 bits per heavy atom. The van der Waals surface area contributed by atoms with E-state index in [1.54, 1.807) is 24.3 Å². The van der Waals surface area contributed by atoms with Crippen molar-refractivity contribution in [2.45, 2.75) is 12.8 Å². The van der Waals surface area contributed by atoms with Crippen LogP contribution in [0.5, 0.6) is 0 Å². The van der Waals surface area contributed by atoms with Crippen LogP contribution in [0.1, 0.15) is 28.8 Å². The highest BCUT2D eigenvalue weighted by atomic mass is 16.5. The number of benzene rings is 1. The Bertz CT molecular complexity index is 415. The summed E-state index contributed by atoms with van der Waals surface area (Å²) in [7, 11) is 0. The Balaban J connectivity index is 2.36. The summed E-state index contributed by atoms with van der Waals surface area (Å²) in [5.41, 5.74) is 1.13. The van der Waals surface area contributed by atoms with Crippen LogP contribution in [0, 0.1) is 11.3 Å². The average Bonchev–Trinajstić information content (AvgIpc) is 2.38. The van der Waals surface area contributed by atoms with Gasteiger partial charge < -0.3 is 4.74 Å². The van der Waals surface area contributed by atoms with Gasteiger partial charge in [-0.2, -0.15) is 5.26 Å². The number of ether oxygens (including phenoxy) is 1. The molecule has 0 radical (unpaired) electrons. The minimum Gasteiger partial charge on any atom is -0.373 e. The van der Waals surface area contributed by atoms with Crippen molar-refractivity contribution in [2.75, 3.05) is 13.2 Å². The molecule has 1 aromatic carbocycles. The molecule has 0 aliphatic rings. The van der Waals surface area contributed by atoms with Crippen molar-refractivity contribution in [2.24, 2.45) is 0 Å². The number of carbonyl (C=O) groups excluding carboxylic acids is 1. The summed E-state index contributed by atoms with van der Waals surface area (Å²) in [5.74, 6) is -0.0620. The van der Waals surface area contributed by atoms with E-state index < -0.39 is 0 Å². The summed E-state index contributed by atoms with van der Waals surface area (Å²) in [6, 6.07) is 8.56. The summed E-state index contributed by atoms with van der Waals surface area (Å²) in [6.45, 7) is 4.26. The molecule has 0 spiro atoms. The van der Waals surface area contributed by atoms with Gasteiger partial charge in [0.2, 0.25) is 0 Å². The van der Waals surface area contributed by atoms with Crippen LogP contribution in [0.25, 0.3) is 0 Å². The van der Waals surface area contributed by atoms with E-state index in [2.05, 4.69) is 6.58 Å². The molecule has 0 aliphatic heterocycles. The maximum absolute atomic E-state index is 11.6. The first-order chi connectivity index (χ1) is 8.27. The molecule has 0 aliphatic carbocycles. The Morgan fingerprint density at radius 2 is 2.12 bits per heavy atom. The number of ketones is 1. The van der Waals surface area contributed by atoms with E-state index in [0.717, 1.165) is 12.8 Å². The molecule has 1 aromatic rings. The number of rotatable bonds is 7. The number of hydrogen-bond donors (Lipinski definition) is 0. The molecule has 0 fully saturated rings. The summed E-state index contributed by atoms with van der Waals surface area (Å²) in [6.07, 6.45) is 3.60. The van der Waals surface area contributed by atoms with Gasteiger partial charge in [0.25, 0.3) is 0 Å². The number of nitriles is 1. The largest absolute Gasteiger partial charge is 0.373 e. The molecule has 17 heavy (non-hydrogen) atoms. The molecule has 3 nitrogen and oxygen atoms in total. The molecule has 1 rings (SSSR count). The highest BCUT2D eigenvalue weighted by Crippen LogP contribution is 2.04. The lowest BCUT2D eigenvalue weighted by Crippen LogP contribution is -2.09. The van der Waals surface area contributed by atoms with E-state index in [1.165, 1.54) is 0 Å². The lowest BCUT2D eigenvalue weighted by Gasteiger charge is -2.02. The molecule has 0 N–H and O–H groups in total. The van der Waals surface area contributed by atoms with Crippen molar-refractivity contribution in [3.8, 4) is 6.07 Å². The Labute approximate surface area is 101 Å². The molecular weight excluding hydrogens is 214 g/mol. The van der Waals surface area contributed by atoms with Crippen LogP contribution in [-0.4, -0.2) is 19.0 Å². The molecule has 0 saturated heterocycles. The number of nitrogens with zero attached hydrogens (tertiary/aromatic N) is 1. The van der Waals surface area contributed by atoms with Crippen LogP contribution >= 0.6 is 0 Å². The molecule has 3 heteroatoms. The highest BCUT2D eigenvalue weighted by molar-refractivity contribution is 5.97. The first-order valence-electron chi connectivity index (χ1n) is 5.50. The van der Waals surface area contributed by atoms with Crippen LogP contribution in [0.15, 0.2) is 36.9 Å². The van der Waals surface area contributed by atoms with E-state index in [0.29, 0.717) is 17.7 Å².